The Hall–Kier alpha value is -3.02. The van der Waals surface area contributed by atoms with Crippen molar-refractivity contribution in [1.29, 1.82) is 0 Å². The predicted molar refractivity (Wildman–Crippen MR) is 141 cm³/mol. The van der Waals surface area contributed by atoms with Gasteiger partial charge in [-0.25, -0.2) is 19.4 Å². The fourth-order valence-electron chi connectivity index (χ4n) is 3.82. The number of rotatable bonds is 18. The molecule has 0 unspecified atom stereocenters. The van der Waals surface area contributed by atoms with Crippen LogP contribution in [0.3, 0.4) is 0 Å². The lowest BCUT2D eigenvalue weighted by molar-refractivity contribution is -0.187. The molecule has 0 fully saturated rings. The molecular weight excluding hydrogens is 456 g/mol. The minimum absolute atomic E-state index is 0.212. The van der Waals surface area contributed by atoms with Gasteiger partial charge in [0.05, 0.1) is 13.2 Å². The number of carbonyl (C=O) groups excluding carboxylic acids is 2. The number of carbonyl (C=O) groups is 2. The van der Waals surface area contributed by atoms with Crippen molar-refractivity contribution in [3.63, 3.8) is 0 Å². The largest absolute Gasteiger partial charge is 0.493 e. The highest BCUT2D eigenvalue weighted by molar-refractivity contribution is 5.95. The normalized spacial score (nSPS) is 10.6. The molecule has 2 aromatic rings. The summed E-state index contributed by atoms with van der Waals surface area (Å²) in [5.41, 5.74) is 0.424. The highest BCUT2D eigenvalue weighted by atomic mass is 17.2. The number of hydrogen-bond acceptors (Lipinski definition) is 6. The van der Waals surface area contributed by atoms with Crippen molar-refractivity contribution in [2.75, 3.05) is 13.2 Å². The van der Waals surface area contributed by atoms with Crippen molar-refractivity contribution in [3.05, 3.63) is 59.7 Å². The molecule has 0 radical (unpaired) electrons. The number of benzene rings is 2. The highest BCUT2D eigenvalue weighted by Gasteiger charge is 2.20. The molecule has 36 heavy (non-hydrogen) atoms. The molecule has 0 saturated carbocycles. The molecule has 0 N–H and O–H groups in total. The van der Waals surface area contributed by atoms with E-state index in [2.05, 4.69) is 13.8 Å². The molecule has 198 valence electrons. The summed E-state index contributed by atoms with van der Waals surface area (Å²) in [5, 5.41) is 0. The Morgan fingerprint density at radius 1 is 0.528 bits per heavy atom. The first-order valence-electron chi connectivity index (χ1n) is 13.5. The van der Waals surface area contributed by atoms with E-state index in [0.29, 0.717) is 24.7 Å². The smallest absolute Gasteiger partial charge is 0.390 e. The van der Waals surface area contributed by atoms with Gasteiger partial charge in [-0.3, -0.25) is 0 Å². The third kappa shape index (κ3) is 11.1. The van der Waals surface area contributed by atoms with E-state index in [0.717, 1.165) is 25.7 Å². The third-order valence-electron chi connectivity index (χ3n) is 5.92. The van der Waals surface area contributed by atoms with Crippen molar-refractivity contribution >= 4 is 11.9 Å². The van der Waals surface area contributed by atoms with Crippen LogP contribution in [0, 0.1) is 0 Å². The second kappa shape index (κ2) is 18.3. The molecule has 2 aromatic carbocycles. The van der Waals surface area contributed by atoms with E-state index in [1.165, 1.54) is 51.4 Å². The number of unbranched alkanes of at least 4 members (excludes halogenated alkanes) is 10. The van der Waals surface area contributed by atoms with Gasteiger partial charge in [0.2, 0.25) is 0 Å². The van der Waals surface area contributed by atoms with Gasteiger partial charge in [-0.1, -0.05) is 102 Å². The summed E-state index contributed by atoms with van der Waals surface area (Å²) in [6, 6.07) is 13.6. The zero-order chi connectivity index (χ0) is 25.8. The molecule has 0 bridgehead atoms. The summed E-state index contributed by atoms with van der Waals surface area (Å²) in [6.45, 7) is 5.42. The monoisotopic (exact) mass is 498 g/mol. The van der Waals surface area contributed by atoms with E-state index >= 15 is 0 Å². The van der Waals surface area contributed by atoms with Gasteiger partial charge in [0.25, 0.3) is 0 Å². The SMILES string of the molecule is CCCCCCCCOc1ccccc1C(=O)OOC(=O)c1ccccc1OCCCCCCCC. The van der Waals surface area contributed by atoms with Crippen LogP contribution in [0.5, 0.6) is 11.5 Å². The molecule has 0 saturated heterocycles. The van der Waals surface area contributed by atoms with Gasteiger partial charge in [-0.05, 0) is 37.1 Å². The summed E-state index contributed by atoms with van der Waals surface area (Å²) in [5.74, 6) is -0.746. The zero-order valence-electron chi connectivity index (χ0n) is 22.0. The summed E-state index contributed by atoms with van der Waals surface area (Å²) in [7, 11) is 0. The Morgan fingerprint density at radius 3 is 1.31 bits per heavy atom. The van der Waals surface area contributed by atoms with Crippen molar-refractivity contribution in [1.82, 2.24) is 0 Å². The molecule has 6 heteroatoms. The number of ether oxygens (including phenoxy) is 2. The average molecular weight is 499 g/mol. The Bertz CT molecular complexity index is 821. The van der Waals surface area contributed by atoms with E-state index in [-0.39, 0.29) is 11.1 Å². The first kappa shape index (κ1) is 29.2. The minimum atomic E-state index is -0.785. The number of para-hydroxylation sites is 2. The Kier molecular flexibility index (Phi) is 14.8. The van der Waals surface area contributed by atoms with Crippen LogP contribution >= 0.6 is 0 Å². The van der Waals surface area contributed by atoms with Crippen LogP contribution in [-0.4, -0.2) is 25.2 Å². The maximum absolute atomic E-state index is 12.6. The van der Waals surface area contributed by atoms with Crippen molar-refractivity contribution < 1.29 is 28.8 Å². The summed E-state index contributed by atoms with van der Waals surface area (Å²) < 4.78 is 11.6. The maximum atomic E-state index is 12.6. The van der Waals surface area contributed by atoms with Gasteiger partial charge in [0, 0.05) is 0 Å². The van der Waals surface area contributed by atoms with Crippen LogP contribution in [0.4, 0.5) is 0 Å². The van der Waals surface area contributed by atoms with Gasteiger partial charge in [-0.2, -0.15) is 0 Å². The van der Waals surface area contributed by atoms with Gasteiger partial charge >= 0.3 is 11.9 Å². The van der Waals surface area contributed by atoms with Crippen molar-refractivity contribution in [2.45, 2.75) is 90.9 Å². The van der Waals surface area contributed by atoms with E-state index in [9.17, 15) is 9.59 Å². The Morgan fingerprint density at radius 2 is 0.889 bits per heavy atom. The molecule has 0 heterocycles. The molecule has 0 amide bonds. The van der Waals surface area contributed by atoms with Gasteiger partial charge in [-0.15, -0.1) is 0 Å². The Balaban J connectivity index is 1.81. The second-order valence-electron chi connectivity index (χ2n) is 8.97. The van der Waals surface area contributed by atoms with Gasteiger partial charge in [0.15, 0.2) is 0 Å². The van der Waals surface area contributed by atoms with E-state index in [4.69, 9.17) is 19.2 Å². The second-order valence-corrected chi connectivity index (χ2v) is 8.97. The van der Waals surface area contributed by atoms with Crippen LogP contribution in [0.2, 0.25) is 0 Å². The lowest BCUT2D eigenvalue weighted by Gasteiger charge is -2.12. The highest BCUT2D eigenvalue weighted by Crippen LogP contribution is 2.22. The van der Waals surface area contributed by atoms with Crippen LogP contribution in [-0.2, 0) is 9.78 Å². The fraction of sp³-hybridized carbons (Fsp3) is 0.533. The standard InChI is InChI=1S/C30H42O6/c1-3-5-7-9-11-17-23-33-27-21-15-13-19-25(27)29(31)35-36-30(32)26-20-14-16-22-28(26)34-24-18-12-10-8-6-4-2/h13-16,19-22H,3-12,17-18,23-24H2,1-2H3. The fourth-order valence-corrected chi connectivity index (χ4v) is 3.82. The van der Waals surface area contributed by atoms with Crippen molar-refractivity contribution in [3.8, 4) is 11.5 Å². The molecule has 0 aliphatic heterocycles. The van der Waals surface area contributed by atoms with Crippen LogP contribution in [0.25, 0.3) is 0 Å². The molecule has 0 atom stereocenters. The average Bonchev–Trinajstić information content (AvgIpc) is 2.91. The summed E-state index contributed by atoms with van der Waals surface area (Å²) in [6.07, 6.45) is 13.8. The van der Waals surface area contributed by atoms with Crippen LogP contribution in [0.15, 0.2) is 48.5 Å². The third-order valence-corrected chi connectivity index (χ3v) is 5.92. The van der Waals surface area contributed by atoms with Gasteiger partial charge < -0.3 is 9.47 Å². The molecule has 0 spiro atoms. The summed E-state index contributed by atoms with van der Waals surface area (Å²) in [4.78, 5) is 34.9. The lowest BCUT2D eigenvalue weighted by Crippen LogP contribution is -2.14. The first-order chi connectivity index (χ1) is 17.7. The maximum Gasteiger partial charge on any atom is 0.390 e. The van der Waals surface area contributed by atoms with E-state index in [1.54, 1.807) is 48.5 Å². The topological polar surface area (TPSA) is 71.1 Å². The molecule has 0 aliphatic rings. The molecule has 0 aliphatic carbocycles. The van der Waals surface area contributed by atoms with Crippen molar-refractivity contribution in [2.24, 2.45) is 0 Å². The van der Waals surface area contributed by atoms with E-state index in [1.807, 2.05) is 0 Å². The van der Waals surface area contributed by atoms with Crippen LogP contribution < -0.4 is 9.47 Å². The number of hydrogen-bond donors (Lipinski definition) is 0. The van der Waals surface area contributed by atoms with Crippen LogP contribution in [0.1, 0.15) is 112 Å². The quantitative estimate of drug-likeness (QED) is 0.117. The zero-order valence-corrected chi connectivity index (χ0v) is 22.0. The van der Waals surface area contributed by atoms with E-state index < -0.39 is 11.9 Å². The molecule has 2 rings (SSSR count). The Labute approximate surface area is 216 Å². The first-order valence-corrected chi connectivity index (χ1v) is 13.5. The van der Waals surface area contributed by atoms with Gasteiger partial charge in [0.1, 0.15) is 22.6 Å². The predicted octanol–water partition coefficient (Wildman–Crippen LogP) is 8.09. The summed E-state index contributed by atoms with van der Waals surface area (Å²) >= 11 is 0. The molecule has 6 nitrogen and oxygen atoms in total. The minimum Gasteiger partial charge on any atom is -0.493 e. The molecular formula is C30H42O6. The molecule has 0 aromatic heterocycles. The lowest BCUT2D eigenvalue weighted by atomic mass is 10.1.